The van der Waals surface area contributed by atoms with Gasteiger partial charge in [-0.15, -0.1) is 0 Å². The molecule has 2 aromatic carbocycles. The predicted octanol–water partition coefficient (Wildman–Crippen LogP) is 4.25. The topological polar surface area (TPSA) is 49.3 Å². The molecule has 0 bridgehead atoms. The van der Waals surface area contributed by atoms with E-state index in [2.05, 4.69) is 21.2 Å². The minimum absolute atomic E-state index is 0.470. The summed E-state index contributed by atoms with van der Waals surface area (Å²) in [5.74, 6) is -1.27. The van der Waals surface area contributed by atoms with Gasteiger partial charge in [0.25, 0.3) is 0 Å². The number of anilines is 1. The van der Waals surface area contributed by atoms with Crippen LogP contribution >= 0.6 is 15.9 Å². The van der Waals surface area contributed by atoms with Gasteiger partial charge in [0.2, 0.25) is 0 Å². The smallest absolute Gasteiger partial charge is 0.310 e. The first-order chi connectivity index (χ1) is 9.56. The Morgan fingerprint density at radius 3 is 2.55 bits per heavy atom. The fourth-order valence-electron chi connectivity index (χ4n) is 1.87. The first-order valence-corrected chi connectivity index (χ1v) is 7.16. The van der Waals surface area contributed by atoms with E-state index in [1.54, 1.807) is 6.92 Å². The Hall–Kier alpha value is -1.81. The maximum absolute atomic E-state index is 10.9. The molecule has 0 saturated heterocycles. The molecule has 2 N–H and O–H groups in total. The highest BCUT2D eigenvalue weighted by atomic mass is 79.9. The number of aliphatic carboxylic acids is 1. The SMILES string of the molecule is CC(C(=O)O)c1ccc(CNc2cccc(Br)c2)cc1. The summed E-state index contributed by atoms with van der Waals surface area (Å²) in [7, 11) is 0. The maximum atomic E-state index is 10.9. The number of nitrogens with one attached hydrogen (secondary N) is 1. The van der Waals surface area contributed by atoms with Crippen molar-refractivity contribution in [1.82, 2.24) is 0 Å². The van der Waals surface area contributed by atoms with Gasteiger partial charge in [0.15, 0.2) is 0 Å². The van der Waals surface area contributed by atoms with Crippen molar-refractivity contribution in [3.63, 3.8) is 0 Å². The maximum Gasteiger partial charge on any atom is 0.310 e. The van der Waals surface area contributed by atoms with Crippen LogP contribution in [0.4, 0.5) is 5.69 Å². The second-order valence-corrected chi connectivity index (χ2v) is 5.58. The van der Waals surface area contributed by atoms with Crippen LogP contribution in [-0.4, -0.2) is 11.1 Å². The van der Waals surface area contributed by atoms with Gasteiger partial charge in [-0.1, -0.05) is 46.3 Å². The highest BCUT2D eigenvalue weighted by molar-refractivity contribution is 9.10. The molecule has 0 saturated carbocycles. The van der Waals surface area contributed by atoms with Gasteiger partial charge in [0.05, 0.1) is 5.92 Å². The van der Waals surface area contributed by atoms with E-state index < -0.39 is 11.9 Å². The van der Waals surface area contributed by atoms with Gasteiger partial charge in [-0.25, -0.2) is 0 Å². The molecule has 2 rings (SSSR count). The molecule has 0 radical (unpaired) electrons. The fraction of sp³-hybridized carbons (Fsp3) is 0.188. The number of carboxylic acid groups (broad SMARTS) is 1. The zero-order chi connectivity index (χ0) is 14.5. The molecule has 0 aliphatic carbocycles. The summed E-state index contributed by atoms with van der Waals surface area (Å²) < 4.78 is 1.04. The van der Waals surface area contributed by atoms with Crippen LogP contribution in [0.5, 0.6) is 0 Å². The number of hydrogen-bond donors (Lipinski definition) is 2. The number of halogens is 1. The predicted molar refractivity (Wildman–Crippen MR) is 84.0 cm³/mol. The van der Waals surface area contributed by atoms with E-state index in [9.17, 15) is 4.79 Å². The van der Waals surface area contributed by atoms with Crippen molar-refractivity contribution in [3.05, 3.63) is 64.1 Å². The second-order valence-electron chi connectivity index (χ2n) is 4.67. The molecular formula is C16H16BrNO2. The summed E-state index contributed by atoms with van der Waals surface area (Å²) in [5, 5.41) is 12.3. The molecule has 0 fully saturated rings. The summed E-state index contributed by atoms with van der Waals surface area (Å²) in [6.45, 7) is 2.40. The number of carbonyl (C=O) groups is 1. The van der Waals surface area contributed by atoms with Crippen molar-refractivity contribution in [2.24, 2.45) is 0 Å². The average Bonchev–Trinajstić information content (AvgIpc) is 2.45. The lowest BCUT2D eigenvalue weighted by atomic mass is 10.00. The van der Waals surface area contributed by atoms with Crippen molar-refractivity contribution in [2.45, 2.75) is 19.4 Å². The van der Waals surface area contributed by atoms with Crippen LogP contribution < -0.4 is 5.32 Å². The van der Waals surface area contributed by atoms with E-state index in [1.807, 2.05) is 48.5 Å². The van der Waals surface area contributed by atoms with Crippen molar-refractivity contribution >= 4 is 27.6 Å². The highest BCUT2D eigenvalue weighted by Gasteiger charge is 2.12. The quantitative estimate of drug-likeness (QED) is 0.859. The van der Waals surface area contributed by atoms with Gasteiger partial charge >= 0.3 is 5.97 Å². The zero-order valence-corrected chi connectivity index (χ0v) is 12.7. The molecule has 0 heterocycles. The molecule has 0 aliphatic rings. The van der Waals surface area contributed by atoms with Crippen LogP contribution in [0.2, 0.25) is 0 Å². The highest BCUT2D eigenvalue weighted by Crippen LogP contribution is 2.18. The molecule has 4 heteroatoms. The summed E-state index contributed by atoms with van der Waals surface area (Å²) in [5.41, 5.74) is 2.98. The van der Waals surface area contributed by atoms with E-state index in [1.165, 1.54) is 0 Å². The molecule has 2 aromatic rings. The van der Waals surface area contributed by atoms with E-state index in [0.717, 1.165) is 21.3 Å². The van der Waals surface area contributed by atoms with Crippen LogP contribution in [0, 0.1) is 0 Å². The van der Waals surface area contributed by atoms with Gasteiger partial charge in [0, 0.05) is 16.7 Å². The van der Waals surface area contributed by atoms with E-state index in [-0.39, 0.29) is 0 Å². The van der Waals surface area contributed by atoms with Crippen LogP contribution in [0.3, 0.4) is 0 Å². The minimum Gasteiger partial charge on any atom is -0.481 e. The van der Waals surface area contributed by atoms with Gasteiger partial charge in [-0.05, 0) is 36.2 Å². The minimum atomic E-state index is -0.801. The first kappa shape index (κ1) is 14.6. The number of hydrogen-bond acceptors (Lipinski definition) is 2. The molecule has 0 aromatic heterocycles. The van der Waals surface area contributed by atoms with Crippen molar-refractivity contribution in [1.29, 1.82) is 0 Å². The Morgan fingerprint density at radius 1 is 1.25 bits per heavy atom. The lowest BCUT2D eigenvalue weighted by Gasteiger charge is -2.09. The van der Waals surface area contributed by atoms with Crippen LogP contribution in [0.25, 0.3) is 0 Å². The van der Waals surface area contributed by atoms with E-state index in [4.69, 9.17) is 5.11 Å². The number of rotatable bonds is 5. The molecule has 0 amide bonds. The molecular weight excluding hydrogens is 318 g/mol. The standard InChI is InChI=1S/C16H16BrNO2/c1-11(16(19)20)13-7-5-12(6-8-13)10-18-15-4-2-3-14(17)9-15/h2-9,11,18H,10H2,1H3,(H,19,20). The molecule has 1 unspecified atom stereocenters. The fourth-order valence-corrected chi connectivity index (χ4v) is 2.27. The van der Waals surface area contributed by atoms with Gasteiger partial charge in [-0.2, -0.15) is 0 Å². The average molecular weight is 334 g/mol. The summed E-state index contributed by atoms with van der Waals surface area (Å²) >= 11 is 3.43. The summed E-state index contributed by atoms with van der Waals surface area (Å²) in [4.78, 5) is 10.9. The first-order valence-electron chi connectivity index (χ1n) is 6.37. The Bertz CT molecular complexity index is 596. The Balaban J connectivity index is 1.99. The summed E-state index contributed by atoms with van der Waals surface area (Å²) in [6, 6.07) is 15.6. The van der Waals surface area contributed by atoms with Crippen molar-refractivity contribution in [2.75, 3.05) is 5.32 Å². The second kappa shape index (κ2) is 6.57. The third kappa shape index (κ3) is 3.84. The molecule has 0 spiro atoms. The van der Waals surface area contributed by atoms with E-state index in [0.29, 0.717) is 6.54 Å². The normalized spacial score (nSPS) is 11.9. The van der Waals surface area contributed by atoms with E-state index >= 15 is 0 Å². The zero-order valence-electron chi connectivity index (χ0n) is 11.1. The molecule has 20 heavy (non-hydrogen) atoms. The monoisotopic (exact) mass is 333 g/mol. The third-order valence-electron chi connectivity index (χ3n) is 3.17. The number of carboxylic acids is 1. The van der Waals surface area contributed by atoms with Crippen LogP contribution in [0.1, 0.15) is 24.0 Å². The summed E-state index contributed by atoms with van der Waals surface area (Å²) in [6.07, 6.45) is 0. The van der Waals surface area contributed by atoms with Gasteiger partial charge in [-0.3, -0.25) is 4.79 Å². The third-order valence-corrected chi connectivity index (χ3v) is 3.66. The number of benzene rings is 2. The Labute approximate surface area is 126 Å². The molecule has 104 valence electrons. The van der Waals surface area contributed by atoms with Crippen molar-refractivity contribution in [3.8, 4) is 0 Å². The Morgan fingerprint density at radius 2 is 1.95 bits per heavy atom. The van der Waals surface area contributed by atoms with Crippen molar-refractivity contribution < 1.29 is 9.90 Å². The van der Waals surface area contributed by atoms with Gasteiger partial charge < -0.3 is 10.4 Å². The largest absolute Gasteiger partial charge is 0.481 e. The lowest BCUT2D eigenvalue weighted by Crippen LogP contribution is -2.07. The molecule has 0 aliphatic heterocycles. The van der Waals surface area contributed by atoms with Crippen LogP contribution in [-0.2, 0) is 11.3 Å². The van der Waals surface area contributed by atoms with Gasteiger partial charge in [0.1, 0.15) is 0 Å². The lowest BCUT2D eigenvalue weighted by molar-refractivity contribution is -0.138. The Kier molecular flexibility index (Phi) is 4.79. The molecule has 3 nitrogen and oxygen atoms in total. The van der Waals surface area contributed by atoms with Crippen LogP contribution in [0.15, 0.2) is 53.0 Å². The molecule has 1 atom stereocenters.